The van der Waals surface area contributed by atoms with Gasteiger partial charge in [0.2, 0.25) is 0 Å². The lowest BCUT2D eigenvalue weighted by atomic mass is 9.98. The number of rotatable bonds is 8. The number of esters is 1. The van der Waals surface area contributed by atoms with Crippen molar-refractivity contribution >= 4 is 26.9 Å². The molecule has 186 valence electrons. The number of fused-ring (bicyclic) bond motifs is 1. The van der Waals surface area contributed by atoms with Crippen LogP contribution in [0.4, 0.5) is 0 Å². The molecule has 0 radical (unpaired) electrons. The number of nitrogens with zero attached hydrogens (tertiary/aromatic N) is 3. The normalized spacial score (nSPS) is 12.4. The maximum atomic E-state index is 14.2. The van der Waals surface area contributed by atoms with Gasteiger partial charge < -0.3 is 4.74 Å². The highest BCUT2D eigenvalue weighted by atomic mass is 32.2. The zero-order chi connectivity index (χ0) is 25.8. The van der Waals surface area contributed by atoms with Crippen LogP contribution in [0.25, 0.3) is 10.9 Å². The first-order valence-corrected chi connectivity index (χ1v) is 13.3. The standard InChI is InChI=1S/C29H25N3O4S/c1-21(33)36-29(22-10-9-18-30-20-22)28-26(17-16-23-11-7-8-19-31-23)25-14-5-6-15-27(25)32(28)37(34,35)24-12-3-2-4-13-24/h2-15,18-20,29H,16-17H2,1H3. The third kappa shape index (κ3) is 4.88. The SMILES string of the molecule is CC(=O)OC(c1cccnc1)c1c(CCc2ccccn2)c2ccccc2n1S(=O)(=O)c1ccccc1. The molecule has 3 heterocycles. The molecule has 0 saturated carbocycles. The summed E-state index contributed by atoms with van der Waals surface area (Å²) < 4.78 is 35.5. The van der Waals surface area contributed by atoms with Crippen LogP contribution in [0.3, 0.4) is 0 Å². The summed E-state index contributed by atoms with van der Waals surface area (Å²) in [6, 6.07) is 24.8. The van der Waals surface area contributed by atoms with E-state index < -0.39 is 22.1 Å². The van der Waals surface area contributed by atoms with E-state index >= 15 is 0 Å². The largest absolute Gasteiger partial charge is 0.451 e. The number of aromatic nitrogens is 3. The monoisotopic (exact) mass is 511 g/mol. The van der Waals surface area contributed by atoms with E-state index in [0.717, 1.165) is 16.6 Å². The van der Waals surface area contributed by atoms with Crippen molar-refractivity contribution in [1.29, 1.82) is 0 Å². The van der Waals surface area contributed by atoms with Gasteiger partial charge in [0.15, 0.2) is 6.10 Å². The Morgan fingerprint density at radius 1 is 0.892 bits per heavy atom. The molecule has 0 amide bonds. The maximum Gasteiger partial charge on any atom is 0.303 e. The number of hydrogen-bond acceptors (Lipinski definition) is 6. The fraction of sp³-hybridized carbons (Fsp3) is 0.138. The van der Waals surface area contributed by atoms with Crippen LogP contribution in [0.2, 0.25) is 0 Å². The van der Waals surface area contributed by atoms with Crippen LogP contribution < -0.4 is 0 Å². The van der Waals surface area contributed by atoms with Crippen molar-refractivity contribution in [3.8, 4) is 0 Å². The molecule has 8 heteroatoms. The Morgan fingerprint density at radius 2 is 1.65 bits per heavy atom. The number of carbonyl (C=O) groups is 1. The van der Waals surface area contributed by atoms with Gasteiger partial charge >= 0.3 is 5.97 Å². The van der Waals surface area contributed by atoms with Gasteiger partial charge in [-0.15, -0.1) is 0 Å². The van der Waals surface area contributed by atoms with Crippen LogP contribution in [0, 0.1) is 0 Å². The van der Waals surface area contributed by atoms with Gasteiger partial charge in [0, 0.05) is 42.2 Å². The number of carbonyl (C=O) groups excluding carboxylic acids is 1. The molecule has 2 aromatic carbocycles. The number of benzene rings is 2. The topological polar surface area (TPSA) is 91.2 Å². The molecule has 0 N–H and O–H groups in total. The Balaban J connectivity index is 1.81. The summed E-state index contributed by atoms with van der Waals surface area (Å²) in [5, 5.41) is 0.772. The second-order valence-electron chi connectivity index (χ2n) is 8.56. The number of para-hydroxylation sites is 1. The van der Waals surface area contributed by atoms with Gasteiger partial charge in [-0.2, -0.15) is 0 Å². The predicted octanol–water partition coefficient (Wildman–Crippen LogP) is 5.11. The molecule has 0 fully saturated rings. The Morgan fingerprint density at radius 3 is 2.35 bits per heavy atom. The molecule has 1 unspecified atom stereocenters. The summed E-state index contributed by atoms with van der Waals surface area (Å²) >= 11 is 0. The molecule has 0 bridgehead atoms. The molecule has 0 aliphatic heterocycles. The molecule has 0 aliphatic rings. The summed E-state index contributed by atoms with van der Waals surface area (Å²) in [7, 11) is -4.06. The molecule has 37 heavy (non-hydrogen) atoms. The summed E-state index contributed by atoms with van der Waals surface area (Å²) in [4.78, 5) is 21.1. The van der Waals surface area contributed by atoms with Crippen molar-refractivity contribution in [3.63, 3.8) is 0 Å². The van der Waals surface area contributed by atoms with Gasteiger partial charge in [-0.1, -0.05) is 48.5 Å². The van der Waals surface area contributed by atoms with Gasteiger partial charge in [0.1, 0.15) is 0 Å². The highest BCUT2D eigenvalue weighted by molar-refractivity contribution is 7.90. The van der Waals surface area contributed by atoms with E-state index in [1.54, 1.807) is 73.2 Å². The maximum absolute atomic E-state index is 14.2. The average Bonchev–Trinajstić information content (AvgIpc) is 3.26. The van der Waals surface area contributed by atoms with Gasteiger partial charge in [-0.3, -0.25) is 14.8 Å². The van der Waals surface area contributed by atoms with Crippen molar-refractivity contribution < 1.29 is 17.9 Å². The van der Waals surface area contributed by atoms with Crippen LogP contribution in [0.1, 0.15) is 35.5 Å². The zero-order valence-electron chi connectivity index (χ0n) is 20.2. The third-order valence-corrected chi connectivity index (χ3v) is 7.88. The van der Waals surface area contributed by atoms with Crippen molar-refractivity contribution in [2.24, 2.45) is 0 Å². The van der Waals surface area contributed by atoms with E-state index in [9.17, 15) is 13.2 Å². The first-order valence-electron chi connectivity index (χ1n) is 11.9. The molecular weight excluding hydrogens is 486 g/mol. The van der Waals surface area contributed by atoms with E-state index in [2.05, 4.69) is 9.97 Å². The summed E-state index contributed by atoms with van der Waals surface area (Å²) in [5.74, 6) is -0.529. The van der Waals surface area contributed by atoms with Crippen LogP contribution in [0.15, 0.2) is 108 Å². The lowest BCUT2D eigenvalue weighted by Gasteiger charge is -2.22. The van der Waals surface area contributed by atoms with Crippen molar-refractivity contribution in [1.82, 2.24) is 13.9 Å². The van der Waals surface area contributed by atoms with Gasteiger partial charge in [0.25, 0.3) is 10.0 Å². The van der Waals surface area contributed by atoms with Crippen molar-refractivity contribution in [2.45, 2.75) is 30.8 Å². The molecule has 0 saturated heterocycles. The minimum Gasteiger partial charge on any atom is -0.451 e. The highest BCUT2D eigenvalue weighted by Gasteiger charge is 2.33. The van der Waals surface area contributed by atoms with E-state index in [1.165, 1.54) is 10.9 Å². The Kier molecular flexibility index (Phi) is 6.83. The Bertz CT molecular complexity index is 1630. The number of aryl methyl sites for hydroxylation is 2. The summed E-state index contributed by atoms with van der Waals surface area (Å²) in [6.45, 7) is 1.32. The second kappa shape index (κ2) is 10.4. The number of hydrogen-bond donors (Lipinski definition) is 0. The molecular formula is C29H25N3O4S. The lowest BCUT2D eigenvalue weighted by Crippen LogP contribution is -2.22. The van der Waals surface area contributed by atoms with Gasteiger partial charge in [-0.05, 0) is 54.8 Å². The smallest absolute Gasteiger partial charge is 0.303 e. The first-order chi connectivity index (χ1) is 18.0. The summed E-state index contributed by atoms with van der Waals surface area (Å²) in [6.07, 6.45) is 5.02. The van der Waals surface area contributed by atoms with Crippen molar-refractivity contribution in [2.75, 3.05) is 0 Å². The molecule has 0 spiro atoms. The fourth-order valence-electron chi connectivity index (χ4n) is 4.56. The zero-order valence-corrected chi connectivity index (χ0v) is 21.0. The van der Waals surface area contributed by atoms with Crippen LogP contribution >= 0.6 is 0 Å². The quantitative estimate of drug-likeness (QED) is 0.269. The molecule has 5 aromatic rings. The molecule has 1 atom stereocenters. The molecule has 3 aromatic heterocycles. The molecule has 5 rings (SSSR count). The van der Waals surface area contributed by atoms with E-state index in [4.69, 9.17) is 4.74 Å². The van der Waals surface area contributed by atoms with E-state index in [-0.39, 0.29) is 4.90 Å². The third-order valence-electron chi connectivity index (χ3n) is 6.13. The van der Waals surface area contributed by atoms with E-state index in [0.29, 0.717) is 29.6 Å². The number of ether oxygens (including phenoxy) is 1. The van der Waals surface area contributed by atoms with Crippen LogP contribution in [-0.4, -0.2) is 28.3 Å². The van der Waals surface area contributed by atoms with Crippen LogP contribution in [-0.2, 0) is 32.4 Å². The fourth-order valence-corrected chi connectivity index (χ4v) is 6.15. The second-order valence-corrected chi connectivity index (χ2v) is 10.3. The minimum absolute atomic E-state index is 0.140. The van der Waals surface area contributed by atoms with Crippen molar-refractivity contribution in [3.05, 3.63) is 126 Å². The Labute approximate surface area is 215 Å². The lowest BCUT2D eigenvalue weighted by molar-refractivity contribution is -0.145. The van der Waals surface area contributed by atoms with E-state index in [1.807, 2.05) is 30.3 Å². The highest BCUT2D eigenvalue weighted by Crippen LogP contribution is 2.38. The minimum atomic E-state index is -4.06. The number of pyridine rings is 2. The van der Waals surface area contributed by atoms with Gasteiger partial charge in [-0.25, -0.2) is 12.4 Å². The first kappa shape index (κ1) is 24.4. The average molecular weight is 512 g/mol. The van der Waals surface area contributed by atoms with Crippen LogP contribution in [0.5, 0.6) is 0 Å². The van der Waals surface area contributed by atoms with Gasteiger partial charge in [0.05, 0.1) is 16.1 Å². The molecule has 0 aliphatic carbocycles. The molecule has 7 nitrogen and oxygen atoms in total. The summed E-state index contributed by atoms with van der Waals surface area (Å²) in [5.41, 5.74) is 3.11. The predicted molar refractivity (Wildman–Crippen MR) is 140 cm³/mol. The Hall–Kier alpha value is -4.30.